The summed E-state index contributed by atoms with van der Waals surface area (Å²) in [4.78, 5) is 0. The van der Waals surface area contributed by atoms with Gasteiger partial charge in [-0.3, -0.25) is 5.43 Å². The summed E-state index contributed by atoms with van der Waals surface area (Å²) in [5.74, 6) is -0.254. The molecule has 0 amide bonds. The van der Waals surface area contributed by atoms with Gasteiger partial charge in [-0.25, -0.2) is 4.39 Å². The summed E-state index contributed by atoms with van der Waals surface area (Å²) in [6.07, 6.45) is 0. The summed E-state index contributed by atoms with van der Waals surface area (Å²) < 4.78 is 12.8. The fourth-order valence-electron chi connectivity index (χ4n) is 2.15. The number of halogens is 1. The molecule has 0 radical (unpaired) electrons. The van der Waals surface area contributed by atoms with Gasteiger partial charge in [-0.15, -0.1) is 0 Å². The predicted octanol–water partition coefficient (Wildman–Crippen LogP) is 4.82. The highest BCUT2D eigenvalue weighted by atomic mass is 19.1. The van der Waals surface area contributed by atoms with Crippen LogP contribution < -0.4 is 5.43 Å². The predicted molar refractivity (Wildman–Crippen MR) is 86.2 cm³/mol. The summed E-state index contributed by atoms with van der Waals surface area (Å²) in [7, 11) is 0. The molecule has 1 N–H and O–H groups in total. The summed E-state index contributed by atoms with van der Waals surface area (Å²) >= 11 is 0. The van der Waals surface area contributed by atoms with Crippen molar-refractivity contribution in [1.29, 1.82) is 0 Å². The van der Waals surface area contributed by atoms with Crippen molar-refractivity contribution in [2.75, 3.05) is 5.43 Å². The number of fused-ring (bicyclic) bond motifs is 1. The summed E-state index contributed by atoms with van der Waals surface area (Å²) in [6.45, 7) is 1.95. The molecule has 0 aliphatic rings. The maximum Gasteiger partial charge on any atom is 0.123 e. The molecule has 3 rings (SSSR count). The number of benzene rings is 3. The van der Waals surface area contributed by atoms with Crippen LogP contribution in [0.25, 0.3) is 10.8 Å². The first-order valence-corrected chi connectivity index (χ1v) is 6.77. The molecule has 0 heterocycles. The molecule has 0 unspecified atom stereocenters. The molecular weight excluding hydrogens is 263 g/mol. The third kappa shape index (κ3) is 3.08. The molecule has 3 aromatic rings. The van der Waals surface area contributed by atoms with E-state index in [1.54, 1.807) is 12.1 Å². The fourth-order valence-corrected chi connectivity index (χ4v) is 2.15. The molecular formula is C18H15FN2. The van der Waals surface area contributed by atoms with Crippen molar-refractivity contribution in [1.82, 2.24) is 0 Å². The van der Waals surface area contributed by atoms with Gasteiger partial charge >= 0.3 is 0 Å². The molecule has 21 heavy (non-hydrogen) atoms. The van der Waals surface area contributed by atoms with E-state index in [0.29, 0.717) is 0 Å². The third-order valence-corrected chi connectivity index (χ3v) is 3.36. The number of hydrogen-bond donors (Lipinski definition) is 1. The second-order valence-corrected chi connectivity index (χ2v) is 4.88. The Morgan fingerprint density at radius 1 is 0.905 bits per heavy atom. The van der Waals surface area contributed by atoms with E-state index in [9.17, 15) is 4.39 Å². The van der Waals surface area contributed by atoms with Gasteiger partial charge in [-0.1, -0.05) is 36.4 Å². The smallest absolute Gasteiger partial charge is 0.123 e. The Hall–Kier alpha value is -2.68. The second-order valence-electron chi connectivity index (χ2n) is 4.88. The minimum Gasteiger partial charge on any atom is -0.278 e. The van der Waals surface area contributed by atoms with Crippen LogP contribution in [0.3, 0.4) is 0 Å². The molecule has 0 aromatic heterocycles. The molecule has 3 heteroatoms. The number of nitrogens with zero attached hydrogens (tertiary/aromatic N) is 1. The van der Waals surface area contributed by atoms with Crippen LogP contribution in [-0.2, 0) is 0 Å². The van der Waals surface area contributed by atoms with E-state index in [-0.39, 0.29) is 5.82 Å². The van der Waals surface area contributed by atoms with Crippen LogP contribution in [0, 0.1) is 5.82 Å². The van der Waals surface area contributed by atoms with Gasteiger partial charge in [0.2, 0.25) is 0 Å². The lowest BCUT2D eigenvalue weighted by Gasteiger charge is -2.05. The van der Waals surface area contributed by atoms with E-state index in [0.717, 1.165) is 17.0 Å². The normalized spacial score (nSPS) is 11.6. The zero-order chi connectivity index (χ0) is 14.7. The van der Waals surface area contributed by atoms with Gasteiger partial charge in [0.1, 0.15) is 5.82 Å². The number of anilines is 1. The third-order valence-electron chi connectivity index (χ3n) is 3.36. The maximum atomic E-state index is 12.8. The molecule has 0 fully saturated rings. The van der Waals surface area contributed by atoms with Crippen LogP contribution in [-0.4, -0.2) is 5.71 Å². The van der Waals surface area contributed by atoms with Crippen molar-refractivity contribution in [3.05, 3.63) is 78.1 Å². The molecule has 0 aliphatic heterocycles. The molecule has 2 nitrogen and oxygen atoms in total. The lowest BCUT2D eigenvalue weighted by atomic mass is 10.0. The van der Waals surface area contributed by atoms with Crippen LogP contribution >= 0.6 is 0 Å². The van der Waals surface area contributed by atoms with Crippen molar-refractivity contribution in [3.63, 3.8) is 0 Å². The highest BCUT2D eigenvalue weighted by molar-refractivity contribution is 6.02. The lowest BCUT2D eigenvalue weighted by Crippen LogP contribution is -1.99. The number of hydrazone groups is 1. The Bertz CT molecular complexity index is 792. The lowest BCUT2D eigenvalue weighted by molar-refractivity contribution is 0.628. The molecule has 0 atom stereocenters. The molecule has 0 spiro atoms. The van der Waals surface area contributed by atoms with Crippen LogP contribution in [0.2, 0.25) is 0 Å². The minimum absolute atomic E-state index is 0.254. The summed E-state index contributed by atoms with van der Waals surface area (Å²) in [5, 5.41) is 6.74. The van der Waals surface area contributed by atoms with Crippen LogP contribution in [0.5, 0.6) is 0 Å². The Labute approximate surface area is 122 Å². The largest absolute Gasteiger partial charge is 0.278 e. The number of nitrogens with one attached hydrogen (secondary N) is 1. The van der Waals surface area contributed by atoms with Crippen molar-refractivity contribution in [2.45, 2.75) is 6.92 Å². The molecule has 0 aliphatic carbocycles. The second kappa shape index (κ2) is 5.75. The molecule has 0 saturated heterocycles. The molecule has 104 valence electrons. The Morgan fingerprint density at radius 3 is 2.38 bits per heavy atom. The van der Waals surface area contributed by atoms with Gasteiger partial charge < -0.3 is 0 Å². The van der Waals surface area contributed by atoms with Crippen LogP contribution in [0.1, 0.15) is 12.5 Å². The van der Waals surface area contributed by atoms with Crippen molar-refractivity contribution < 1.29 is 4.39 Å². The van der Waals surface area contributed by atoms with Crippen molar-refractivity contribution in [3.8, 4) is 0 Å². The molecule has 3 aromatic carbocycles. The van der Waals surface area contributed by atoms with Gasteiger partial charge in [0.15, 0.2) is 0 Å². The first-order valence-electron chi connectivity index (χ1n) is 6.77. The Morgan fingerprint density at radius 2 is 1.62 bits per heavy atom. The van der Waals surface area contributed by atoms with Gasteiger partial charge in [-0.2, -0.15) is 5.10 Å². The molecule has 0 saturated carbocycles. The fraction of sp³-hybridized carbons (Fsp3) is 0.0556. The van der Waals surface area contributed by atoms with Crippen LogP contribution in [0.15, 0.2) is 71.8 Å². The standard InChI is InChI=1S/C18H15FN2/c1-13(20-21-18-10-8-17(19)9-11-18)15-7-6-14-4-2-3-5-16(14)12-15/h2-12,21H,1H3/b20-13+. The minimum atomic E-state index is -0.254. The average Bonchev–Trinajstić information content (AvgIpc) is 2.53. The Kier molecular flexibility index (Phi) is 3.65. The van der Waals surface area contributed by atoms with Crippen molar-refractivity contribution >= 4 is 22.2 Å². The van der Waals surface area contributed by atoms with E-state index in [2.05, 4.69) is 34.8 Å². The monoisotopic (exact) mass is 278 g/mol. The quantitative estimate of drug-likeness (QED) is 0.539. The summed E-state index contributed by atoms with van der Waals surface area (Å²) in [6, 6.07) is 20.6. The maximum absolute atomic E-state index is 12.8. The van der Waals surface area contributed by atoms with Crippen molar-refractivity contribution in [2.24, 2.45) is 5.10 Å². The van der Waals surface area contributed by atoms with Gasteiger partial charge in [-0.05, 0) is 53.6 Å². The zero-order valence-electron chi connectivity index (χ0n) is 11.7. The topological polar surface area (TPSA) is 24.4 Å². The first kappa shape index (κ1) is 13.3. The number of rotatable bonds is 3. The number of hydrogen-bond acceptors (Lipinski definition) is 2. The highest BCUT2D eigenvalue weighted by Gasteiger charge is 2.00. The van der Waals surface area contributed by atoms with E-state index in [1.807, 2.05) is 25.1 Å². The Balaban J connectivity index is 1.83. The van der Waals surface area contributed by atoms with E-state index in [4.69, 9.17) is 0 Å². The van der Waals surface area contributed by atoms with E-state index >= 15 is 0 Å². The van der Waals surface area contributed by atoms with Gasteiger partial charge in [0.25, 0.3) is 0 Å². The van der Waals surface area contributed by atoms with Gasteiger partial charge in [0.05, 0.1) is 11.4 Å². The summed E-state index contributed by atoms with van der Waals surface area (Å²) in [5.41, 5.74) is 5.64. The first-order chi connectivity index (χ1) is 10.2. The van der Waals surface area contributed by atoms with E-state index < -0.39 is 0 Å². The molecule has 0 bridgehead atoms. The SMILES string of the molecule is C/C(=N\Nc1ccc(F)cc1)c1ccc2ccccc2c1. The highest BCUT2D eigenvalue weighted by Crippen LogP contribution is 2.16. The van der Waals surface area contributed by atoms with Gasteiger partial charge in [0, 0.05) is 0 Å². The van der Waals surface area contributed by atoms with Crippen LogP contribution in [0.4, 0.5) is 10.1 Å². The zero-order valence-corrected chi connectivity index (χ0v) is 11.7. The average molecular weight is 278 g/mol. The van der Waals surface area contributed by atoms with E-state index in [1.165, 1.54) is 22.9 Å².